The first kappa shape index (κ1) is 28.0. The van der Waals surface area contributed by atoms with Gasteiger partial charge in [-0.2, -0.15) is 0 Å². The molecule has 4 heteroatoms. The molecule has 11 aromatic rings. The summed E-state index contributed by atoms with van der Waals surface area (Å²) in [5.74, 6) is 0.894. The summed E-state index contributed by atoms with van der Waals surface area (Å²) in [6.45, 7) is 0. The largest absolute Gasteiger partial charge is 0.455 e. The number of pyridine rings is 1. The van der Waals surface area contributed by atoms with Crippen molar-refractivity contribution in [3.05, 3.63) is 176 Å². The van der Waals surface area contributed by atoms with Gasteiger partial charge in [0.05, 0.1) is 27.8 Å². The summed E-state index contributed by atoms with van der Waals surface area (Å²) in [5.41, 5.74) is 11.7. The Hall–Kier alpha value is -6.91. The predicted octanol–water partition coefficient (Wildman–Crippen LogP) is 12.5. The van der Waals surface area contributed by atoms with Crippen LogP contribution < -0.4 is 0 Å². The van der Waals surface area contributed by atoms with Crippen LogP contribution in [-0.2, 0) is 0 Å². The van der Waals surface area contributed by atoms with E-state index in [2.05, 4.69) is 167 Å². The first-order valence-corrected chi connectivity index (χ1v) is 17.3. The topological polar surface area (TPSA) is 35.9 Å². The summed E-state index contributed by atoms with van der Waals surface area (Å²) < 4.78 is 11.2. The Bertz CT molecular complexity index is 3140. The number of furan rings is 1. The maximum Gasteiger partial charge on any atom is 0.143 e. The minimum absolute atomic E-state index is 0.894. The molecule has 0 saturated heterocycles. The third-order valence-corrected chi connectivity index (χ3v) is 10.3. The Labute approximate surface area is 293 Å². The van der Waals surface area contributed by atoms with E-state index < -0.39 is 0 Å². The van der Waals surface area contributed by atoms with Gasteiger partial charge in [-0.3, -0.25) is 4.57 Å². The molecular formula is C47H29N3O. The molecule has 0 aliphatic carbocycles. The van der Waals surface area contributed by atoms with Crippen molar-refractivity contribution in [1.82, 2.24) is 14.1 Å². The van der Waals surface area contributed by atoms with Gasteiger partial charge in [-0.15, -0.1) is 0 Å². The Morgan fingerprint density at radius 2 is 1.02 bits per heavy atom. The number of rotatable bonds is 4. The molecule has 7 aromatic carbocycles. The Balaban J connectivity index is 1.17. The highest BCUT2D eigenvalue weighted by atomic mass is 16.3. The van der Waals surface area contributed by atoms with Crippen LogP contribution in [0, 0.1) is 0 Å². The van der Waals surface area contributed by atoms with E-state index in [-0.39, 0.29) is 0 Å². The number of aromatic nitrogens is 3. The number of nitrogens with zero attached hydrogens (tertiary/aromatic N) is 3. The van der Waals surface area contributed by atoms with E-state index in [4.69, 9.17) is 9.40 Å². The average molecular weight is 652 g/mol. The van der Waals surface area contributed by atoms with E-state index in [1.165, 1.54) is 27.1 Å². The maximum absolute atomic E-state index is 6.46. The second-order valence-electron chi connectivity index (χ2n) is 13.2. The molecule has 4 aromatic heterocycles. The average Bonchev–Trinajstić information content (AvgIpc) is 3.85. The number of para-hydroxylation sites is 4. The minimum atomic E-state index is 0.894. The lowest BCUT2D eigenvalue weighted by molar-refractivity contribution is 0.670. The third kappa shape index (κ3) is 4.17. The van der Waals surface area contributed by atoms with Crippen LogP contribution in [-0.4, -0.2) is 14.1 Å². The van der Waals surface area contributed by atoms with Gasteiger partial charge in [0.15, 0.2) is 0 Å². The van der Waals surface area contributed by atoms with Gasteiger partial charge < -0.3 is 8.98 Å². The van der Waals surface area contributed by atoms with Gasteiger partial charge in [0.25, 0.3) is 0 Å². The molecule has 0 aliphatic heterocycles. The Morgan fingerprint density at radius 3 is 1.84 bits per heavy atom. The van der Waals surface area contributed by atoms with Gasteiger partial charge in [-0.25, -0.2) is 4.98 Å². The second-order valence-corrected chi connectivity index (χ2v) is 13.2. The molecule has 4 heterocycles. The molecule has 0 atom stereocenters. The van der Waals surface area contributed by atoms with Crippen LogP contribution in [0.15, 0.2) is 180 Å². The first-order valence-electron chi connectivity index (χ1n) is 17.3. The maximum atomic E-state index is 6.46. The quantitative estimate of drug-likeness (QED) is 0.190. The highest BCUT2D eigenvalue weighted by Gasteiger charge is 2.20. The Morgan fingerprint density at radius 1 is 0.392 bits per heavy atom. The zero-order chi connectivity index (χ0) is 33.5. The number of benzene rings is 7. The summed E-state index contributed by atoms with van der Waals surface area (Å²) in [4.78, 5) is 5.22. The van der Waals surface area contributed by atoms with Crippen molar-refractivity contribution in [1.29, 1.82) is 0 Å². The summed E-state index contributed by atoms with van der Waals surface area (Å²) in [6, 6.07) is 62.4. The molecule has 0 aliphatic rings. The molecule has 0 unspecified atom stereocenters. The van der Waals surface area contributed by atoms with Gasteiger partial charge in [0.1, 0.15) is 17.0 Å². The number of fused-ring (bicyclic) bond motifs is 9. The fraction of sp³-hybridized carbons (Fsp3) is 0. The molecule has 0 bridgehead atoms. The molecule has 0 saturated carbocycles. The zero-order valence-corrected chi connectivity index (χ0v) is 27.5. The minimum Gasteiger partial charge on any atom is -0.455 e. The molecule has 0 radical (unpaired) electrons. The highest BCUT2D eigenvalue weighted by Crippen LogP contribution is 2.41. The fourth-order valence-electron chi connectivity index (χ4n) is 8.06. The lowest BCUT2D eigenvalue weighted by Gasteiger charge is -2.12. The molecular weight excluding hydrogens is 623 g/mol. The molecule has 0 amide bonds. The van der Waals surface area contributed by atoms with E-state index >= 15 is 0 Å². The van der Waals surface area contributed by atoms with Crippen molar-refractivity contribution in [2.75, 3.05) is 0 Å². The van der Waals surface area contributed by atoms with Crippen molar-refractivity contribution in [3.8, 4) is 33.9 Å². The highest BCUT2D eigenvalue weighted by molar-refractivity contribution is 6.19. The molecule has 4 nitrogen and oxygen atoms in total. The van der Waals surface area contributed by atoms with Crippen LogP contribution >= 0.6 is 0 Å². The number of hydrogen-bond acceptors (Lipinski definition) is 2. The first-order chi connectivity index (χ1) is 25.3. The summed E-state index contributed by atoms with van der Waals surface area (Å²) in [6.07, 6.45) is 0. The van der Waals surface area contributed by atoms with Crippen LogP contribution in [0.1, 0.15) is 0 Å². The lowest BCUT2D eigenvalue weighted by atomic mass is 10.0. The number of hydrogen-bond donors (Lipinski definition) is 0. The van der Waals surface area contributed by atoms with Crippen LogP contribution in [0.4, 0.5) is 0 Å². The van der Waals surface area contributed by atoms with Crippen LogP contribution in [0.5, 0.6) is 0 Å². The van der Waals surface area contributed by atoms with Crippen molar-refractivity contribution in [2.45, 2.75) is 0 Å². The van der Waals surface area contributed by atoms with Crippen molar-refractivity contribution < 1.29 is 4.42 Å². The van der Waals surface area contributed by atoms with Gasteiger partial charge in [0.2, 0.25) is 0 Å². The Kier molecular flexibility index (Phi) is 5.92. The molecule has 0 N–H and O–H groups in total. The van der Waals surface area contributed by atoms with E-state index in [0.717, 1.165) is 72.4 Å². The SMILES string of the molecule is c1ccc(-c2cccc(-n3c4ccccc4c4cc5c6ccccc6n(-c6cccc(-c7cccc8c7oc7ccccc78)c6)c5cc43)n2)cc1. The third-order valence-electron chi connectivity index (χ3n) is 10.3. The summed E-state index contributed by atoms with van der Waals surface area (Å²) >= 11 is 0. The van der Waals surface area contributed by atoms with Crippen LogP contribution in [0.3, 0.4) is 0 Å². The van der Waals surface area contributed by atoms with Crippen molar-refractivity contribution >= 4 is 65.6 Å². The molecule has 11 rings (SSSR count). The van der Waals surface area contributed by atoms with E-state index in [0.29, 0.717) is 0 Å². The zero-order valence-electron chi connectivity index (χ0n) is 27.5. The predicted molar refractivity (Wildman–Crippen MR) is 211 cm³/mol. The second kappa shape index (κ2) is 10.8. The van der Waals surface area contributed by atoms with Gasteiger partial charge in [-0.1, -0.05) is 121 Å². The smallest absolute Gasteiger partial charge is 0.143 e. The molecule has 51 heavy (non-hydrogen) atoms. The molecule has 0 fully saturated rings. The normalized spacial score (nSPS) is 11.9. The monoisotopic (exact) mass is 651 g/mol. The summed E-state index contributed by atoms with van der Waals surface area (Å²) in [7, 11) is 0. The summed E-state index contributed by atoms with van der Waals surface area (Å²) in [5, 5.41) is 7.12. The van der Waals surface area contributed by atoms with Gasteiger partial charge in [-0.05, 0) is 60.2 Å². The van der Waals surface area contributed by atoms with Gasteiger partial charge in [0, 0.05) is 49.1 Å². The van der Waals surface area contributed by atoms with Gasteiger partial charge >= 0.3 is 0 Å². The molecule has 238 valence electrons. The van der Waals surface area contributed by atoms with Crippen LogP contribution in [0.25, 0.3) is 99.4 Å². The van der Waals surface area contributed by atoms with Crippen molar-refractivity contribution in [2.24, 2.45) is 0 Å². The van der Waals surface area contributed by atoms with E-state index in [9.17, 15) is 0 Å². The molecule has 0 spiro atoms. The standard InChI is InChI=1S/C47H29N3O/c1-2-13-30(14-3-1)40-22-12-26-46(48-40)50-42-24-8-5-18-35(42)39-28-38-34-17-4-7-23-41(34)49(43(38)29-44(39)50)32-16-10-15-31(27-32)33-20-11-21-37-36-19-6-9-25-45(36)51-47(33)37/h1-29H. The van der Waals surface area contributed by atoms with E-state index in [1.807, 2.05) is 18.2 Å². The van der Waals surface area contributed by atoms with E-state index in [1.54, 1.807) is 0 Å². The fourth-order valence-corrected chi connectivity index (χ4v) is 8.06. The van der Waals surface area contributed by atoms with Crippen molar-refractivity contribution in [3.63, 3.8) is 0 Å². The lowest BCUT2D eigenvalue weighted by Crippen LogP contribution is -1.99. The van der Waals surface area contributed by atoms with Crippen LogP contribution in [0.2, 0.25) is 0 Å².